The molecule has 9 heteroatoms. The van der Waals surface area contributed by atoms with E-state index in [1.54, 1.807) is 55.6 Å². The molecule has 0 saturated carbocycles. The largest absolute Gasteiger partial charge is 0.497 e. The number of benzene rings is 2. The van der Waals surface area contributed by atoms with Gasteiger partial charge in [-0.2, -0.15) is 0 Å². The number of likely N-dealkylation sites (N-methyl/N-ethyl adjacent to an activating group) is 1. The fourth-order valence-corrected chi connectivity index (χ4v) is 3.30. The van der Waals surface area contributed by atoms with E-state index < -0.39 is 6.04 Å². The number of carbonyl (C=O) groups excluding carboxylic acids is 3. The van der Waals surface area contributed by atoms with E-state index in [1.807, 2.05) is 6.07 Å². The second-order valence-corrected chi connectivity index (χ2v) is 7.11. The maximum atomic E-state index is 12.6. The third-order valence-corrected chi connectivity index (χ3v) is 5.10. The van der Waals surface area contributed by atoms with Crippen LogP contribution in [0.25, 0.3) is 0 Å². The average Bonchev–Trinajstić information content (AvgIpc) is 2.93. The van der Waals surface area contributed by atoms with Gasteiger partial charge in [0.05, 0.1) is 20.0 Å². The molecule has 8 nitrogen and oxygen atoms in total. The summed E-state index contributed by atoms with van der Waals surface area (Å²) in [4.78, 5) is 38.8. The minimum absolute atomic E-state index is 0.0872. The quantitative estimate of drug-likeness (QED) is 0.656. The second kappa shape index (κ2) is 9.36. The molecule has 3 rings (SSSR count). The predicted molar refractivity (Wildman–Crippen MR) is 116 cm³/mol. The van der Waals surface area contributed by atoms with Crippen LogP contribution in [0.1, 0.15) is 12.0 Å². The van der Waals surface area contributed by atoms with Gasteiger partial charge in [0, 0.05) is 12.7 Å². The van der Waals surface area contributed by atoms with Crippen LogP contribution in [0.5, 0.6) is 5.75 Å². The Kier molecular flexibility index (Phi) is 6.63. The van der Waals surface area contributed by atoms with Crippen LogP contribution in [0.4, 0.5) is 5.69 Å². The molecule has 0 aliphatic carbocycles. The van der Waals surface area contributed by atoms with E-state index in [4.69, 9.17) is 17.0 Å². The van der Waals surface area contributed by atoms with Crippen LogP contribution in [0.15, 0.2) is 54.6 Å². The summed E-state index contributed by atoms with van der Waals surface area (Å²) in [6, 6.07) is 15.1. The molecule has 2 aromatic rings. The third-order valence-electron chi connectivity index (χ3n) is 4.63. The number of hydrogen-bond acceptors (Lipinski definition) is 5. The molecule has 1 fully saturated rings. The fraction of sp³-hybridized carbons (Fsp3) is 0.238. The molecule has 1 saturated heterocycles. The summed E-state index contributed by atoms with van der Waals surface area (Å²) in [5.41, 5.74) is 4.06. The number of hydrazine groups is 1. The molecule has 0 bridgehead atoms. The van der Waals surface area contributed by atoms with Crippen molar-refractivity contribution in [2.75, 3.05) is 19.5 Å². The molecule has 3 amide bonds. The van der Waals surface area contributed by atoms with E-state index in [9.17, 15) is 14.4 Å². The molecule has 1 unspecified atom stereocenters. The molecular weight excluding hydrogens is 404 g/mol. The first-order chi connectivity index (χ1) is 14.4. The minimum Gasteiger partial charge on any atom is -0.497 e. The SMILES string of the molecule is COc1ccc(CC(=O)NN2C(=S)N(C)C(=O)C2CC(=O)Nc2ccccc2)cc1. The van der Waals surface area contributed by atoms with E-state index in [1.165, 1.54) is 17.0 Å². The monoisotopic (exact) mass is 426 g/mol. The molecule has 2 N–H and O–H groups in total. The van der Waals surface area contributed by atoms with E-state index in [-0.39, 0.29) is 35.7 Å². The van der Waals surface area contributed by atoms with Crippen molar-refractivity contribution in [2.24, 2.45) is 0 Å². The standard InChI is InChI=1S/C21H22N4O4S/c1-24-20(28)17(13-18(26)22-15-6-4-3-5-7-15)25(21(24)30)23-19(27)12-14-8-10-16(29-2)11-9-14/h3-11,17H,12-13H2,1-2H3,(H,22,26)(H,23,27). The predicted octanol–water partition coefficient (Wildman–Crippen LogP) is 1.73. The lowest BCUT2D eigenvalue weighted by Crippen LogP contribution is -2.50. The molecule has 0 radical (unpaired) electrons. The number of anilines is 1. The van der Waals surface area contributed by atoms with Gasteiger partial charge in [-0.05, 0) is 42.0 Å². The number of thiocarbonyl (C=S) groups is 1. The first-order valence-electron chi connectivity index (χ1n) is 9.27. The zero-order valence-electron chi connectivity index (χ0n) is 16.6. The number of nitrogens with one attached hydrogen (secondary N) is 2. The third kappa shape index (κ3) is 4.93. The van der Waals surface area contributed by atoms with Crippen molar-refractivity contribution >= 4 is 40.7 Å². The van der Waals surface area contributed by atoms with Crippen LogP contribution in [0.3, 0.4) is 0 Å². The highest BCUT2D eigenvalue weighted by Gasteiger charge is 2.42. The molecule has 1 heterocycles. The van der Waals surface area contributed by atoms with Gasteiger partial charge >= 0.3 is 0 Å². The number of amides is 3. The summed E-state index contributed by atoms with van der Waals surface area (Å²) in [7, 11) is 3.08. The highest BCUT2D eigenvalue weighted by molar-refractivity contribution is 7.80. The van der Waals surface area contributed by atoms with Crippen molar-refractivity contribution in [2.45, 2.75) is 18.9 Å². The van der Waals surface area contributed by atoms with Crippen LogP contribution in [-0.2, 0) is 20.8 Å². The number of rotatable bonds is 7. The number of hydrogen-bond donors (Lipinski definition) is 2. The Balaban J connectivity index is 1.65. The summed E-state index contributed by atoms with van der Waals surface area (Å²) < 4.78 is 5.11. The van der Waals surface area contributed by atoms with Crippen molar-refractivity contribution in [3.05, 3.63) is 60.2 Å². The van der Waals surface area contributed by atoms with E-state index >= 15 is 0 Å². The molecule has 156 valence electrons. The van der Waals surface area contributed by atoms with E-state index in [0.29, 0.717) is 11.4 Å². The molecule has 0 aromatic heterocycles. The molecule has 1 atom stereocenters. The van der Waals surface area contributed by atoms with Crippen molar-refractivity contribution in [1.29, 1.82) is 0 Å². The molecule has 1 aliphatic rings. The van der Waals surface area contributed by atoms with Gasteiger partial charge in [0.2, 0.25) is 11.8 Å². The lowest BCUT2D eigenvalue weighted by Gasteiger charge is -2.24. The summed E-state index contributed by atoms with van der Waals surface area (Å²) in [6.07, 6.45) is -0.0645. The summed E-state index contributed by atoms with van der Waals surface area (Å²) in [5.74, 6) is -0.365. The van der Waals surface area contributed by atoms with E-state index in [2.05, 4.69) is 10.7 Å². The Bertz CT molecular complexity index is 949. The van der Waals surface area contributed by atoms with Gasteiger partial charge in [-0.25, -0.2) is 5.01 Å². The molecule has 1 aliphatic heterocycles. The first-order valence-corrected chi connectivity index (χ1v) is 9.68. The number of methoxy groups -OCH3 is 1. The zero-order valence-corrected chi connectivity index (χ0v) is 17.4. The van der Waals surface area contributed by atoms with Gasteiger partial charge in [-0.3, -0.25) is 24.7 Å². The Morgan fingerprint density at radius 3 is 2.37 bits per heavy atom. The first kappa shape index (κ1) is 21.3. The van der Waals surface area contributed by atoms with Gasteiger partial charge in [-0.15, -0.1) is 0 Å². The highest BCUT2D eigenvalue weighted by Crippen LogP contribution is 2.19. The molecule has 2 aromatic carbocycles. The Labute approximate surface area is 179 Å². The maximum Gasteiger partial charge on any atom is 0.253 e. The Hall–Kier alpha value is -3.46. The van der Waals surface area contributed by atoms with Crippen molar-refractivity contribution in [1.82, 2.24) is 15.3 Å². The van der Waals surface area contributed by atoms with Gasteiger partial charge in [0.1, 0.15) is 11.8 Å². The topological polar surface area (TPSA) is 91.0 Å². The number of para-hydroxylation sites is 1. The Morgan fingerprint density at radius 1 is 1.07 bits per heavy atom. The fourth-order valence-electron chi connectivity index (χ4n) is 3.04. The van der Waals surface area contributed by atoms with E-state index in [0.717, 1.165) is 5.56 Å². The average molecular weight is 426 g/mol. The lowest BCUT2D eigenvalue weighted by molar-refractivity contribution is -0.132. The molecule has 30 heavy (non-hydrogen) atoms. The number of nitrogens with zero attached hydrogens (tertiary/aromatic N) is 2. The summed E-state index contributed by atoms with van der Waals surface area (Å²) >= 11 is 5.28. The van der Waals surface area contributed by atoms with Crippen molar-refractivity contribution < 1.29 is 19.1 Å². The minimum atomic E-state index is -0.911. The van der Waals surface area contributed by atoms with Gasteiger partial charge < -0.3 is 10.1 Å². The smallest absolute Gasteiger partial charge is 0.253 e. The van der Waals surface area contributed by atoms with Crippen molar-refractivity contribution in [3.8, 4) is 5.75 Å². The normalized spacial score (nSPS) is 15.9. The second-order valence-electron chi connectivity index (χ2n) is 6.74. The lowest BCUT2D eigenvalue weighted by atomic mass is 10.1. The number of ether oxygens (including phenoxy) is 1. The zero-order chi connectivity index (χ0) is 21.7. The van der Waals surface area contributed by atoms with Crippen LogP contribution in [-0.4, -0.2) is 52.9 Å². The molecule has 0 spiro atoms. The van der Waals surface area contributed by atoms with Gasteiger partial charge in [0.15, 0.2) is 5.11 Å². The van der Waals surface area contributed by atoms with Crippen LogP contribution in [0, 0.1) is 0 Å². The number of carbonyl (C=O) groups is 3. The van der Waals surface area contributed by atoms with Crippen molar-refractivity contribution in [3.63, 3.8) is 0 Å². The highest BCUT2D eigenvalue weighted by atomic mass is 32.1. The Morgan fingerprint density at radius 2 is 1.73 bits per heavy atom. The summed E-state index contributed by atoms with van der Waals surface area (Å²) in [6.45, 7) is 0. The van der Waals surface area contributed by atoms with Gasteiger partial charge in [-0.1, -0.05) is 30.3 Å². The molecular formula is C21H22N4O4S. The summed E-state index contributed by atoms with van der Waals surface area (Å²) in [5, 5.41) is 4.16. The van der Waals surface area contributed by atoms with Crippen LogP contribution in [0.2, 0.25) is 0 Å². The van der Waals surface area contributed by atoms with Crippen LogP contribution >= 0.6 is 12.2 Å². The van der Waals surface area contributed by atoms with Crippen LogP contribution < -0.4 is 15.5 Å². The maximum absolute atomic E-state index is 12.6. The van der Waals surface area contributed by atoms with Gasteiger partial charge in [0.25, 0.3) is 5.91 Å².